The van der Waals surface area contributed by atoms with Crippen LogP contribution in [-0.4, -0.2) is 52.9 Å². The SMILES string of the molecule is C=CC1CCC(C2CCC(COc3ccc(OCCCCOCC(CC)COCCCCOc4ccc(OCC5CCC(C6CCC(CC)CC6)CC5)c(F)c4F)c(F)c3F)CC2)CC1. The summed E-state index contributed by atoms with van der Waals surface area (Å²) in [5.41, 5.74) is 0. The van der Waals surface area contributed by atoms with Crippen molar-refractivity contribution in [2.75, 3.05) is 52.9 Å². The zero-order valence-electron chi connectivity index (χ0n) is 40.0. The highest BCUT2D eigenvalue weighted by Gasteiger charge is 2.32. The lowest BCUT2D eigenvalue weighted by atomic mass is 9.69. The van der Waals surface area contributed by atoms with E-state index in [0.717, 1.165) is 74.5 Å². The summed E-state index contributed by atoms with van der Waals surface area (Å²) in [4.78, 5) is 0. The zero-order chi connectivity index (χ0) is 45.8. The van der Waals surface area contributed by atoms with Gasteiger partial charge >= 0.3 is 0 Å². The average molecular weight is 915 g/mol. The summed E-state index contributed by atoms with van der Waals surface area (Å²) in [5.74, 6) is 1.61. The second-order valence-electron chi connectivity index (χ2n) is 20.2. The van der Waals surface area contributed by atoms with Crippen molar-refractivity contribution in [2.24, 2.45) is 53.3 Å². The number of benzene rings is 2. The fourth-order valence-corrected chi connectivity index (χ4v) is 11.2. The van der Waals surface area contributed by atoms with Crippen molar-refractivity contribution in [3.8, 4) is 23.0 Å². The van der Waals surface area contributed by atoms with Crippen LogP contribution in [0.1, 0.15) is 155 Å². The largest absolute Gasteiger partial charge is 0.490 e. The van der Waals surface area contributed by atoms with E-state index >= 15 is 0 Å². The van der Waals surface area contributed by atoms with Gasteiger partial charge in [-0.1, -0.05) is 39.2 Å². The predicted octanol–water partition coefficient (Wildman–Crippen LogP) is 14.9. The molecule has 0 heterocycles. The van der Waals surface area contributed by atoms with Crippen LogP contribution in [0.4, 0.5) is 17.6 Å². The first kappa shape index (κ1) is 51.4. The highest BCUT2D eigenvalue weighted by Crippen LogP contribution is 2.44. The van der Waals surface area contributed by atoms with Crippen molar-refractivity contribution in [2.45, 2.75) is 155 Å². The summed E-state index contributed by atoms with van der Waals surface area (Å²) < 4.78 is 94.0. The van der Waals surface area contributed by atoms with Crippen LogP contribution in [-0.2, 0) is 9.47 Å². The summed E-state index contributed by atoms with van der Waals surface area (Å²) in [5, 5.41) is 0. The van der Waals surface area contributed by atoms with Gasteiger partial charge in [0, 0.05) is 19.1 Å². The van der Waals surface area contributed by atoms with Gasteiger partial charge in [0.05, 0.1) is 39.6 Å². The molecule has 4 fully saturated rings. The Bertz CT molecular complexity index is 1660. The summed E-state index contributed by atoms with van der Waals surface area (Å²) in [6.07, 6.45) is 26.9. The van der Waals surface area contributed by atoms with Crippen molar-refractivity contribution >= 4 is 0 Å². The van der Waals surface area contributed by atoms with Crippen molar-refractivity contribution in [3.63, 3.8) is 0 Å². The van der Waals surface area contributed by atoms with E-state index < -0.39 is 23.3 Å². The normalized spacial score (nSPS) is 26.6. The smallest absolute Gasteiger partial charge is 0.204 e. The Morgan fingerprint density at radius 2 is 0.815 bits per heavy atom. The summed E-state index contributed by atoms with van der Waals surface area (Å²) in [6.45, 7) is 11.9. The first-order chi connectivity index (χ1) is 31.8. The van der Waals surface area contributed by atoms with Crippen molar-refractivity contribution in [1.82, 2.24) is 0 Å². The van der Waals surface area contributed by atoms with Crippen LogP contribution in [0.5, 0.6) is 23.0 Å². The zero-order valence-corrected chi connectivity index (χ0v) is 40.0. The van der Waals surface area contributed by atoms with Crippen molar-refractivity contribution in [3.05, 3.63) is 60.2 Å². The molecule has 0 amide bonds. The molecule has 0 bridgehead atoms. The van der Waals surface area contributed by atoms with Crippen LogP contribution in [0, 0.1) is 76.5 Å². The van der Waals surface area contributed by atoms with Gasteiger partial charge < -0.3 is 28.4 Å². The number of unbranched alkanes of at least 4 members (excludes halogenated alkanes) is 2. The number of halogens is 4. The Balaban J connectivity index is 0.750. The maximum Gasteiger partial charge on any atom is 0.204 e. The molecular formula is C55H82F4O6. The fourth-order valence-electron chi connectivity index (χ4n) is 11.2. The van der Waals surface area contributed by atoms with E-state index in [1.165, 1.54) is 108 Å². The number of allylic oxidation sites excluding steroid dienone is 1. The van der Waals surface area contributed by atoms with E-state index in [4.69, 9.17) is 28.4 Å². The molecule has 0 saturated heterocycles. The lowest BCUT2D eigenvalue weighted by molar-refractivity contribution is 0.0342. The lowest BCUT2D eigenvalue weighted by Gasteiger charge is -2.37. The minimum absolute atomic E-state index is 0.0429. The lowest BCUT2D eigenvalue weighted by Crippen LogP contribution is -2.27. The maximum atomic E-state index is 14.9. The van der Waals surface area contributed by atoms with Crippen LogP contribution >= 0.6 is 0 Å². The molecule has 0 N–H and O–H groups in total. The van der Waals surface area contributed by atoms with Gasteiger partial charge in [-0.2, -0.15) is 17.6 Å². The van der Waals surface area contributed by atoms with E-state index in [1.54, 1.807) is 0 Å². The molecule has 6 nitrogen and oxygen atoms in total. The molecule has 10 heteroatoms. The molecule has 2 aromatic carbocycles. The molecule has 0 aliphatic heterocycles. The van der Waals surface area contributed by atoms with Crippen molar-refractivity contribution < 1.29 is 46.0 Å². The molecule has 4 aliphatic rings. The van der Waals surface area contributed by atoms with E-state index in [-0.39, 0.29) is 42.1 Å². The van der Waals surface area contributed by atoms with E-state index in [9.17, 15) is 17.6 Å². The summed E-state index contributed by atoms with van der Waals surface area (Å²) >= 11 is 0. The molecule has 2 aromatic rings. The Kier molecular flexibility index (Phi) is 21.9. The van der Waals surface area contributed by atoms with Gasteiger partial charge in [-0.15, -0.1) is 6.58 Å². The predicted molar refractivity (Wildman–Crippen MR) is 251 cm³/mol. The van der Waals surface area contributed by atoms with Gasteiger partial charge in [0.2, 0.25) is 23.3 Å². The second kappa shape index (κ2) is 27.7. The van der Waals surface area contributed by atoms with Crippen LogP contribution < -0.4 is 18.9 Å². The Labute approximate surface area is 389 Å². The van der Waals surface area contributed by atoms with E-state index in [0.29, 0.717) is 70.2 Å². The van der Waals surface area contributed by atoms with Gasteiger partial charge in [0.25, 0.3) is 0 Å². The van der Waals surface area contributed by atoms with Gasteiger partial charge in [0.15, 0.2) is 23.0 Å². The van der Waals surface area contributed by atoms with E-state index in [1.807, 2.05) is 0 Å². The van der Waals surface area contributed by atoms with E-state index in [2.05, 4.69) is 26.5 Å². The molecular weight excluding hydrogens is 833 g/mol. The second-order valence-corrected chi connectivity index (χ2v) is 20.2. The molecule has 1 unspecified atom stereocenters. The molecule has 0 radical (unpaired) electrons. The molecule has 6 rings (SSSR count). The minimum Gasteiger partial charge on any atom is -0.490 e. The standard InChI is InChI=1S/C55H82F4O6/c1-4-39-11-19-44(20-12-39)46-23-15-42(16-24-46)37-64-50-29-27-48(52(56)54(50)58)62-33-9-7-31-60-35-41(6-3)36-61-32-8-10-34-63-49-28-30-51(55(59)53(49)57)65-38-43-17-25-47(26-18-43)45-21-13-40(5-2)14-22-45/h4,27-30,39-47H,1,5-26,31-38H2,2-3H3. The molecule has 4 saturated carbocycles. The third-order valence-electron chi connectivity index (χ3n) is 15.9. The molecule has 65 heavy (non-hydrogen) atoms. The molecule has 4 aliphatic carbocycles. The highest BCUT2D eigenvalue weighted by molar-refractivity contribution is 5.36. The van der Waals surface area contributed by atoms with Gasteiger partial charge in [-0.25, -0.2) is 0 Å². The molecule has 366 valence electrons. The van der Waals surface area contributed by atoms with Crippen molar-refractivity contribution in [1.29, 1.82) is 0 Å². The minimum atomic E-state index is -1.01. The highest BCUT2D eigenvalue weighted by atomic mass is 19.2. The van der Waals surface area contributed by atoms with Crippen LogP contribution in [0.25, 0.3) is 0 Å². The maximum absolute atomic E-state index is 14.9. The fraction of sp³-hybridized carbons (Fsp3) is 0.745. The topological polar surface area (TPSA) is 55.4 Å². The average Bonchev–Trinajstić information content (AvgIpc) is 3.35. The first-order valence-corrected chi connectivity index (χ1v) is 26.0. The van der Waals surface area contributed by atoms with Crippen LogP contribution in [0.15, 0.2) is 36.9 Å². The third-order valence-corrected chi connectivity index (χ3v) is 15.9. The number of rotatable bonds is 27. The monoisotopic (exact) mass is 915 g/mol. The number of ether oxygens (including phenoxy) is 6. The number of hydrogen-bond donors (Lipinski definition) is 0. The Hall–Kier alpha value is -2.98. The molecule has 0 aromatic heterocycles. The quantitative estimate of drug-likeness (QED) is 0.0506. The summed E-state index contributed by atoms with van der Waals surface area (Å²) in [7, 11) is 0. The molecule has 1 atom stereocenters. The van der Waals surface area contributed by atoms with Gasteiger partial charge in [0.1, 0.15) is 0 Å². The Morgan fingerprint density at radius 3 is 1.17 bits per heavy atom. The third kappa shape index (κ3) is 16.1. The summed E-state index contributed by atoms with van der Waals surface area (Å²) in [6, 6.07) is 5.88. The van der Waals surface area contributed by atoms with Crippen LogP contribution in [0.2, 0.25) is 0 Å². The van der Waals surface area contributed by atoms with Gasteiger partial charge in [-0.05, 0) is 194 Å². The van der Waals surface area contributed by atoms with Gasteiger partial charge in [-0.3, -0.25) is 0 Å². The van der Waals surface area contributed by atoms with Crippen LogP contribution in [0.3, 0.4) is 0 Å². The Morgan fingerprint density at radius 1 is 0.477 bits per heavy atom. The first-order valence-electron chi connectivity index (χ1n) is 26.0. The number of hydrogen-bond acceptors (Lipinski definition) is 6. The molecule has 0 spiro atoms.